The van der Waals surface area contributed by atoms with Crippen molar-refractivity contribution in [3.63, 3.8) is 0 Å². The number of anilines is 1. The van der Waals surface area contributed by atoms with Crippen LogP contribution in [0.2, 0.25) is 0 Å². The van der Waals surface area contributed by atoms with Crippen LogP contribution in [-0.2, 0) is 9.68 Å². The van der Waals surface area contributed by atoms with Gasteiger partial charge in [0, 0.05) is 45.4 Å². The van der Waals surface area contributed by atoms with Crippen molar-refractivity contribution >= 4 is 65.6 Å². The summed E-state index contributed by atoms with van der Waals surface area (Å²) in [4.78, 5) is 43.1. The normalized spacial score (nSPS) is 14.2. The summed E-state index contributed by atoms with van der Waals surface area (Å²) < 4.78 is 0. The molecule has 0 atom stereocenters. The van der Waals surface area contributed by atoms with Gasteiger partial charge in [-0.05, 0) is 45.0 Å². The molecule has 0 radical (unpaired) electrons. The van der Waals surface area contributed by atoms with Crippen molar-refractivity contribution in [1.82, 2.24) is 14.9 Å². The predicted molar refractivity (Wildman–Crippen MR) is 157 cm³/mol. The number of nitrogens with one attached hydrogen (secondary N) is 1. The summed E-state index contributed by atoms with van der Waals surface area (Å²) in [6, 6.07) is 3.59. The number of aryl methyl sites for hydroxylation is 2. The van der Waals surface area contributed by atoms with Gasteiger partial charge in [-0.1, -0.05) is 10.3 Å². The van der Waals surface area contributed by atoms with Crippen molar-refractivity contribution in [2.45, 2.75) is 33.6 Å². The molecule has 38 heavy (non-hydrogen) atoms. The van der Waals surface area contributed by atoms with Gasteiger partial charge in [0.15, 0.2) is 6.61 Å². The van der Waals surface area contributed by atoms with Crippen LogP contribution in [0.4, 0.5) is 5.82 Å². The zero-order valence-corrected chi connectivity index (χ0v) is 23.5. The quantitative estimate of drug-likeness (QED) is 0.133. The molecule has 1 aliphatic rings. The molecule has 13 heteroatoms. The van der Waals surface area contributed by atoms with E-state index in [-0.39, 0.29) is 12.5 Å². The minimum atomic E-state index is -0.0546. The third kappa shape index (κ3) is 8.48. The average Bonchev–Trinajstić information content (AvgIpc) is 3.26. The van der Waals surface area contributed by atoms with Gasteiger partial charge < -0.3 is 19.9 Å². The summed E-state index contributed by atoms with van der Waals surface area (Å²) in [7, 11) is 0. The number of rotatable bonds is 12. The van der Waals surface area contributed by atoms with Crippen molar-refractivity contribution in [2.24, 2.45) is 20.3 Å². The van der Waals surface area contributed by atoms with E-state index in [0.29, 0.717) is 55.6 Å². The molecule has 0 unspecified atom stereocenters. The molecule has 0 bridgehead atoms. The van der Waals surface area contributed by atoms with E-state index < -0.39 is 0 Å². The highest BCUT2D eigenvalue weighted by molar-refractivity contribution is 8.02. The van der Waals surface area contributed by atoms with Gasteiger partial charge in [0.25, 0.3) is 11.8 Å². The van der Waals surface area contributed by atoms with Crippen LogP contribution in [0.1, 0.15) is 45.7 Å². The van der Waals surface area contributed by atoms with E-state index in [4.69, 9.17) is 9.68 Å². The van der Waals surface area contributed by atoms with E-state index in [9.17, 15) is 4.79 Å². The number of hydrogen-bond acceptors (Lipinski definition) is 12. The molecule has 0 saturated carbocycles. The number of amides is 1. The molecule has 2 aromatic heterocycles. The van der Waals surface area contributed by atoms with Crippen molar-refractivity contribution in [2.75, 3.05) is 37.4 Å². The molecular formula is C25H32N8O3S2. The lowest BCUT2D eigenvalue weighted by Gasteiger charge is -2.27. The van der Waals surface area contributed by atoms with Crippen molar-refractivity contribution in [1.29, 1.82) is 0 Å². The first kappa shape index (κ1) is 29.0. The summed E-state index contributed by atoms with van der Waals surface area (Å²) in [6.07, 6.45) is 2.86. The fourth-order valence-corrected chi connectivity index (χ4v) is 5.20. The molecule has 1 saturated heterocycles. The Morgan fingerprint density at radius 3 is 2.68 bits per heavy atom. The lowest BCUT2D eigenvalue weighted by molar-refractivity contribution is 0.0751. The maximum Gasteiger partial charge on any atom is 0.260 e. The van der Waals surface area contributed by atoms with Crippen LogP contribution in [0.25, 0.3) is 5.70 Å². The Labute approximate surface area is 230 Å². The minimum absolute atomic E-state index is 0.0546. The number of aliphatic imine (C=N–C) groups is 2. The number of pyridine rings is 1. The molecule has 3 rings (SSSR count). The fraction of sp³-hybridized carbons (Fsp3) is 0.400. The number of thioether (sulfide) groups is 1. The van der Waals surface area contributed by atoms with Crippen molar-refractivity contribution < 1.29 is 14.5 Å². The van der Waals surface area contributed by atoms with Gasteiger partial charge in [-0.25, -0.2) is 9.97 Å². The first-order valence-corrected chi connectivity index (χ1v) is 13.9. The number of thiazole rings is 1. The van der Waals surface area contributed by atoms with Crippen LogP contribution in [-0.4, -0.2) is 77.9 Å². The molecule has 1 N–H and O–H groups in total. The second-order valence-corrected chi connectivity index (χ2v) is 10.1. The standard InChI is InChI=1S/C25H32N8O3S2/c1-6-28-23(36-27-5)14-35-32-20-9-11-33(12-10-20)25(34)19-7-8-22(29-13-19)30-16-37-15-21(26-4)24-17(2)31-18(3)38-24/h7-8,13,15H,4-6,9-12,14,16H2,1-3H3,(H,29,30)/b21-15-,28-23?. The van der Waals surface area contributed by atoms with Gasteiger partial charge >= 0.3 is 0 Å². The fourth-order valence-electron chi connectivity index (χ4n) is 3.56. The molecule has 2 aromatic rings. The maximum absolute atomic E-state index is 12.9. The van der Waals surface area contributed by atoms with E-state index in [1.807, 2.05) is 26.2 Å². The monoisotopic (exact) mass is 556 g/mol. The molecule has 11 nitrogen and oxygen atoms in total. The Kier molecular flexibility index (Phi) is 11.4. The highest BCUT2D eigenvalue weighted by atomic mass is 32.2. The molecular weight excluding hydrogens is 524 g/mol. The Bertz CT molecular complexity index is 1200. The number of carbonyl (C=O) groups is 1. The van der Waals surface area contributed by atoms with Crippen LogP contribution >= 0.6 is 23.1 Å². The zero-order valence-electron chi connectivity index (χ0n) is 21.8. The summed E-state index contributed by atoms with van der Waals surface area (Å²) in [5.74, 6) is 1.54. The number of piperidine rings is 1. The molecule has 0 aliphatic carbocycles. The third-order valence-electron chi connectivity index (χ3n) is 5.36. The molecule has 1 aliphatic heterocycles. The first-order chi connectivity index (χ1) is 18.4. The van der Waals surface area contributed by atoms with E-state index >= 15 is 0 Å². The summed E-state index contributed by atoms with van der Waals surface area (Å²) in [6.45, 7) is 14.5. The molecule has 3 heterocycles. The maximum atomic E-state index is 12.9. The molecule has 1 amide bonds. The highest BCUT2D eigenvalue weighted by Gasteiger charge is 2.22. The second kappa shape index (κ2) is 15.0. The molecule has 0 spiro atoms. The van der Waals surface area contributed by atoms with Crippen LogP contribution in [0.3, 0.4) is 0 Å². The van der Waals surface area contributed by atoms with Crippen LogP contribution < -0.4 is 5.32 Å². The van der Waals surface area contributed by atoms with Gasteiger partial charge in [0.1, 0.15) is 5.82 Å². The Hall–Kier alpha value is -3.58. The average molecular weight is 557 g/mol. The predicted octanol–water partition coefficient (Wildman–Crippen LogP) is 4.62. The Morgan fingerprint density at radius 2 is 2.08 bits per heavy atom. The smallest absolute Gasteiger partial charge is 0.260 e. The van der Waals surface area contributed by atoms with Crippen molar-refractivity contribution in [3.05, 3.63) is 44.9 Å². The van der Waals surface area contributed by atoms with Gasteiger partial charge in [-0.3, -0.25) is 14.8 Å². The van der Waals surface area contributed by atoms with Gasteiger partial charge in [0.2, 0.25) is 0 Å². The lowest BCUT2D eigenvalue weighted by Crippen LogP contribution is -2.38. The summed E-state index contributed by atoms with van der Waals surface area (Å²) in [5.41, 5.74) is 3.19. The largest absolute Gasteiger partial charge is 0.386 e. The van der Waals surface area contributed by atoms with Gasteiger partial charge in [-0.15, -0.1) is 23.1 Å². The molecule has 202 valence electrons. The SMILES string of the molecule is C=NOC(CON=C1CCN(C(=O)c2ccc(NCS/C=C(\N=C)c3sc(C)nc3C)nc2)CC1)=NCC. The Balaban J connectivity index is 1.44. The number of hydrogen-bond donors (Lipinski definition) is 1. The van der Waals surface area contributed by atoms with Gasteiger partial charge in [-0.2, -0.15) is 0 Å². The summed E-state index contributed by atoms with van der Waals surface area (Å²) >= 11 is 3.16. The molecule has 0 aromatic carbocycles. The minimum Gasteiger partial charge on any atom is -0.386 e. The van der Waals surface area contributed by atoms with E-state index in [1.54, 1.807) is 46.3 Å². The number of aromatic nitrogens is 2. The first-order valence-electron chi connectivity index (χ1n) is 12.0. The summed E-state index contributed by atoms with van der Waals surface area (Å²) in [5, 5.41) is 13.7. The molecule has 1 fully saturated rings. The second-order valence-electron chi connectivity index (χ2n) is 8.04. The van der Waals surface area contributed by atoms with Crippen LogP contribution in [0.5, 0.6) is 0 Å². The van der Waals surface area contributed by atoms with Gasteiger partial charge in [0.05, 0.1) is 38.4 Å². The van der Waals surface area contributed by atoms with Crippen LogP contribution in [0, 0.1) is 13.8 Å². The number of oxime groups is 2. The third-order valence-corrected chi connectivity index (χ3v) is 7.16. The van der Waals surface area contributed by atoms with Crippen molar-refractivity contribution in [3.8, 4) is 0 Å². The van der Waals surface area contributed by atoms with E-state index in [2.05, 4.69) is 49.0 Å². The zero-order chi connectivity index (χ0) is 27.3. The van der Waals surface area contributed by atoms with Crippen LogP contribution in [0.15, 0.2) is 44.0 Å². The van der Waals surface area contributed by atoms with E-state index in [0.717, 1.165) is 27.0 Å². The Morgan fingerprint density at radius 1 is 1.29 bits per heavy atom. The highest BCUT2D eigenvalue weighted by Crippen LogP contribution is 2.28. The number of carbonyl (C=O) groups excluding carboxylic acids is 1. The number of likely N-dealkylation sites (tertiary alicyclic amines) is 1. The van der Waals surface area contributed by atoms with E-state index in [1.165, 1.54) is 0 Å². The number of nitrogens with zero attached hydrogens (tertiary/aromatic N) is 7. The topological polar surface area (TPSA) is 126 Å². The lowest BCUT2D eigenvalue weighted by atomic mass is 10.1.